The first-order valence-corrected chi connectivity index (χ1v) is 11.1. The summed E-state index contributed by atoms with van der Waals surface area (Å²) in [7, 11) is -3.60. The number of benzene rings is 1. The summed E-state index contributed by atoms with van der Waals surface area (Å²) in [5.74, 6) is 1.68. The van der Waals surface area contributed by atoms with E-state index in [-0.39, 0.29) is 23.1 Å². The van der Waals surface area contributed by atoms with Gasteiger partial charge in [-0.2, -0.15) is 4.31 Å². The molecule has 2 fully saturated rings. The summed E-state index contributed by atoms with van der Waals surface area (Å²) in [5, 5.41) is 0. The zero-order valence-corrected chi connectivity index (χ0v) is 16.2. The Morgan fingerprint density at radius 2 is 1.75 bits per heavy atom. The number of ether oxygens (including phenoxy) is 3. The molecule has 4 heterocycles. The molecule has 2 saturated heterocycles. The van der Waals surface area contributed by atoms with E-state index in [0.717, 1.165) is 12.8 Å². The van der Waals surface area contributed by atoms with Crippen molar-refractivity contribution in [2.24, 2.45) is 0 Å². The van der Waals surface area contributed by atoms with Crippen LogP contribution in [0.1, 0.15) is 25.7 Å². The van der Waals surface area contributed by atoms with Crippen molar-refractivity contribution in [2.45, 2.75) is 48.8 Å². The zero-order valence-electron chi connectivity index (χ0n) is 15.4. The molecule has 5 rings (SSSR count). The highest BCUT2D eigenvalue weighted by Crippen LogP contribution is 2.42. The Morgan fingerprint density at radius 1 is 1.00 bits per heavy atom. The molecule has 2 bridgehead atoms. The molecule has 28 heavy (non-hydrogen) atoms. The van der Waals surface area contributed by atoms with Gasteiger partial charge in [-0.15, -0.1) is 0 Å². The van der Waals surface area contributed by atoms with Gasteiger partial charge in [0.05, 0.1) is 4.90 Å². The van der Waals surface area contributed by atoms with Crippen LogP contribution >= 0.6 is 0 Å². The predicted molar refractivity (Wildman–Crippen MR) is 101 cm³/mol. The summed E-state index contributed by atoms with van der Waals surface area (Å²) < 4.78 is 45.5. The van der Waals surface area contributed by atoms with Gasteiger partial charge in [0.25, 0.3) is 0 Å². The molecule has 8 heteroatoms. The number of sulfonamides is 1. The van der Waals surface area contributed by atoms with Crippen LogP contribution < -0.4 is 14.2 Å². The average Bonchev–Trinajstić information content (AvgIpc) is 3.00. The maximum Gasteiger partial charge on any atom is 0.243 e. The summed E-state index contributed by atoms with van der Waals surface area (Å²) in [4.78, 5) is 4.48. The smallest absolute Gasteiger partial charge is 0.243 e. The molecule has 7 nitrogen and oxygen atoms in total. The Bertz CT molecular complexity index is 952. The van der Waals surface area contributed by atoms with Gasteiger partial charge < -0.3 is 14.2 Å². The topological polar surface area (TPSA) is 78.0 Å². The lowest BCUT2D eigenvalue weighted by atomic mass is 10.0. The van der Waals surface area contributed by atoms with Crippen molar-refractivity contribution in [3.8, 4) is 17.4 Å². The highest BCUT2D eigenvalue weighted by molar-refractivity contribution is 7.89. The Morgan fingerprint density at radius 3 is 2.46 bits per heavy atom. The number of nitrogens with zero attached hydrogens (tertiary/aromatic N) is 2. The van der Waals surface area contributed by atoms with Crippen molar-refractivity contribution in [3.05, 3.63) is 42.6 Å². The molecule has 2 aromatic rings. The Hall–Kier alpha value is -2.32. The van der Waals surface area contributed by atoms with Gasteiger partial charge in [0.1, 0.15) is 19.3 Å². The minimum atomic E-state index is -3.60. The van der Waals surface area contributed by atoms with Crippen LogP contribution in [0.4, 0.5) is 0 Å². The van der Waals surface area contributed by atoms with E-state index in [4.69, 9.17) is 14.2 Å². The van der Waals surface area contributed by atoms with E-state index in [1.807, 2.05) is 18.2 Å². The van der Waals surface area contributed by atoms with E-state index in [1.54, 1.807) is 28.7 Å². The van der Waals surface area contributed by atoms with Crippen LogP contribution in [0.25, 0.3) is 0 Å². The van der Waals surface area contributed by atoms with Gasteiger partial charge >= 0.3 is 0 Å². The molecule has 0 radical (unpaired) electrons. The van der Waals surface area contributed by atoms with Gasteiger partial charge in [-0.05, 0) is 31.0 Å². The third-order valence-corrected chi connectivity index (χ3v) is 7.64. The first-order valence-electron chi connectivity index (χ1n) is 9.62. The molecule has 3 aliphatic rings. The number of aromatic nitrogens is 1. The quantitative estimate of drug-likeness (QED) is 0.782. The molecule has 2 atom stereocenters. The first-order chi connectivity index (χ1) is 13.6. The fourth-order valence-corrected chi connectivity index (χ4v) is 6.37. The standard InChI is InChI=1S/C20H22N2O5S/c23-28(24,17-6-7-18-19(13-17)26-10-9-25-18)22-14-4-5-15(22)12-16(11-14)27-20-3-1-2-8-21-20/h1-3,6-8,13-16H,4-5,9-12H2. The van der Waals surface area contributed by atoms with Gasteiger partial charge in [-0.1, -0.05) is 6.07 Å². The molecule has 0 amide bonds. The molecular weight excluding hydrogens is 380 g/mol. The van der Waals surface area contributed by atoms with Crippen molar-refractivity contribution >= 4 is 10.0 Å². The van der Waals surface area contributed by atoms with E-state index in [2.05, 4.69) is 4.98 Å². The van der Waals surface area contributed by atoms with E-state index in [9.17, 15) is 8.42 Å². The van der Waals surface area contributed by atoms with Crippen LogP contribution in [0, 0.1) is 0 Å². The Labute approximate surface area is 164 Å². The third kappa shape index (κ3) is 3.10. The lowest BCUT2D eigenvalue weighted by Crippen LogP contribution is -2.49. The molecule has 0 spiro atoms. The summed E-state index contributed by atoms with van der Waals surface area (Å²) in [6.07, 6.45) is 4.76. The van der Waals surface area contributed by atoms with Crippen molar-refractivity contribution in [2.75, 3.05) is 13.2 Å². The highest BCUT2D eigenvalue weighted by atomic mass is 32.2. The number of pyridine rings is 1. The van der Waals surface area contributed by atoms with Crippen molar-refractivity contribution in [1.29, 1.82) is 0 Å². The van der Waals surface area contributed by atoms with Gasteiger partial charge in [0, 0.05) is 43.3 Å². The number of piperidine rings is 1. The molecule has 148 valence electrons. The van der Waals surface area contributed by atoms with Crippen molar-refractivity contribution < 1.29 is 22.6 Å². The number of hydrogen-bond acceptors (Lipinski definition) is 6. The summed E-state index contributed by atoms with van der Waals surface area (Å²) in [6, 6.07) is 10.3. The van der Waals surface area contributed by atoms with Crippen LogP contribution in [0.15, 0.2) is 47.5 Å². The first kappa shape index (κ1) is 17.8. The van der Waals surface area contributed by atoms with E-state index >= 15 is 0 Å². The van der Waals surface area contributed by atoms with Crippen LogP contribution in [0.2, 0.25) is 0 Å². The molecule has 0 aliphatic carbocycles. The van der Waals surface area contributed by atoms with Crippen molar-refractivity contribution in [3.63, 3.8) is 0 Å². The zero-order chi connectivity index (χ0) is 19.1. The highest BCUT2D eigenvalue weighted by Gasteiger charge is 2.48. The van der Waals surface area contributed by atoms with Gasteiger partial charge in [0.15, 0.2) is 11.5 Å². The second kappa shape index (κ2) is 6.93. The van der Waals surface area contributed by atoms with Crippen LogP contribution in [-0.2, 0) is 10.0 Å². The number of fused-ring (bicyclic) bond motifs is 3. The lowest BCUT2D eigenvalue weighted by molar-refractivity contribution is 0.0918. The van der Waals surface area contributed by atoms with Crippen molar-refractivity contribution in [1.82, 2.24) is 9.29 Å². The molecule has 1 aromatic heterocycles. The average molecular weight is 402 g/mol. The Balaban J connectivity index is 1.37. The van der Waals surface area contributed by atoms with Gasteiger partial charge in [-0.3, -0.25) is 0 Å². The normalized spacial score (nSPS) is 26.8. The Kier molecular flexibility index (Phi) is 4.40. The molecule has 0 saturated carbocycles. The molecular formula is C20H22N2O5S. The fraction of sp³-hybridized carbons (Fsp3) is 0.450. The monoisotopic (exact) mass is 402 g/mol. The number of hydrogen-bond donors (Lipinski definition) is 0. The van der Waals surface area contributed by atoms with E-state index in [0.29, 0.717) is 43.4 Å². The van der Waals surface area contributed by atoms with E-state index in [1.165, 1.54) is 0 Å². The maximum atomic E-state index is 13.4. The van der Waals surface area contributed by atoms with E-state index < -0.39 is 10.0 Å². The van der Waals surface area contributed by atoms with Gasteiger partial charge in [0.2, 0.25) is 15.9 Å². The second-order valence-corrected chi connectivity index (χ2v) is 9.25. The minimum Gasteiger partial charge on any atom is -0.486 e. The SMILES string of the molecule is O=S(=O)(c1ccc2c(c1)OCCO2)N1C2CCC1CC(Oc1ccccn1)C2. The number of rotatable bonds is 4. The van der Waals surface area contributed by atoms with Crippen LogP contribution in [-0.4, -0.2) is 49.1 Å². The lowest BCUT2D eigenvalue weighted by Gasteiger charge is -2.37. The predicted octanol–water partition coefficient (Wildman–Crippen LogP) is 2.62. The molecule has 0 N–H and O–H groups in total. The fourth-order valence-electron chi connectivity index (χ4n) is 4.47. The molecule has 1 aromatic carbocycles. The summed E-state index contributed by atoms with van der Waals surface area (Å²) in [6.45, 7) is 0.908. The largest absolute Gasteiger partial charge is 0.486 e. The maximum absolute atomic E-state index is 13.4. The van der Waals surface area contributed by atoms with Crippen LogP contribution in [0.5, 0.6) is 17.4 Å². The summed E-state index contributed by atoms with van der Waals surface area (Å²) >= 11 is 0. The molecule has 3 aliphatic heterocycles. The van der Waals surface area contributed by atoms with Gasteiger partial charge in [-0.25, -0.2) is 13.4 Å². The summed E-state index contributed by atoms with van der Waals surface area (Å²) in [5.41, 5.74) is 0. The minimum absolute atomic E-state index is 0.0147. The van der Waals surface area contributed by atoms with Crippen LogP contribution in [0.3, 0.4) is 0 Å². The molecule has 2 unspecified atom stereocenters. The third-order valence-electron chi connectivity index (χ3n) is 5.64. The second-order valence-electron chi connectivity index (χ2n) is 7.40.